The minimum absolute atomic E-state index is 0.0209. The summed E-state index contributed by atoms with van der Waals surface area (Å²) < 4.78 is 5.40. The number of hydrogen-bond acceptors (Lipinski definition) is 6. The highest BCUT2D eigenvalue weighted by Gasteiger charge is 2.26. The Balaban J connectivity index is 1.14. The van der Waals surface area contributed by atoms with Crippen LogP contribution < -0.4 is 15.1 Å². The zero-order chi connectivity index (χ0) is 21.8. The lowest BCUT2D eigenvalue weighted by molar-refractivity contribution is -0.125. The van der Waals surface area contributed by atoms with Gasteiger partial charge in [0.05, 0.1) is 19.1 Å². The topological polar surface area (TPSA) is 86.4 Å². The maximum absolute atomic E-state index is 12.8. The second-order valence-corrected chi connectivity index (χ2v) is 8.53. The molecule has 2 aromatic heterocycles. The summed E-state index contributed by atoms with van der Waals surface area (Å²) >= 11 is 0. The van der Waals surface area contributed by atoms with E-state index in [1.807, 2.05) is 30.5 Å². The van der Waals surface area contributed by atoms with E-state index in [1.54, 1.807) is 0 Å². The van der Waals surface area contributed by atoms with Gasteiger partial charge in [0, 0.05) is 49.8 Å². The molecular weight excluding hydrogens is 404 g/mol. The minimum atomic E-state index is -0.0209. The van der Waals surface area contributed by atoms with Gasteiger partial charge in [0.1, 0.15) is 0 Å². The molecule has 2 aliphatic rings. The summed E-state index contributed by atoms with van der Waals surface area (Å²) in [7, 11) is 0. The van der Waals surface area contributed by atoms with E-state index in [4.69, 9.17) is 4.74 Å². The number of ether oxygens (including phenoxy) is 1. The van der Waals surface area contributed by atoms with Crippen molar-refractivity contribution < 1.29 is 9.53 Å². The third kappa shape index (κ3) is 4.55. The molecule has 0 aliphatic carbocycles. The summed E-state index contributed by atoms with van der Waals surface area (Å²) in [6.45, 7) is 5.39. The van der Waals surface area contributed by atoms with E-state index in [1.165, 1.54) is 10.9 Å². The molecule has 1 amide bonds. The number of benzene rings is 1. The van der Waals surface area contributed by atoms with E-state index in [-0.39, 0.29) is 11.8 Å². The molecule has 8 heteroatoms. The van der Waals surface area contributed by atoms with Crippen molar-refractivity contribution >= 4 is 28.4 Å². The predicted octanol–water partition coefficient (Wildman–Crippen LogP) is 2.37. The van der Waals surface area contributed by atoms with Crippen molar-refractivity contribution in [3.8, 4) is 0 Å². The Bertz CT molecular complexity index is 1040. The van der Waals surface area contributed by atoms with E-state index in [0.717, 1.165) is 69.3 Å². The van der Waals surface area contributed by atoms with Gasteiger partial charge in [-0.3, -0.25) is 4.79 Å². The monoisotopic (exact) mass is 434 g/mol. The molecule has 2 fully saturated rings. The summed E-state index contributed by atoms with van der Waals surface area (Å²) in [5.41, 5.74) is 2.37. The van der Waals surface area contributed by atoms with Crippen molar-refractivity contribution in [1.82, 2.24) is 20.5 Å². The van der Waals surface area contributed by atoms with Gasteiger partial charge in [-0.05, 0) is 43.0 Å². The first-order valence-electron chi connectivity index (χ1n) is 11.5. The second-order valence-electron chi connectivity index (χ2n) is 8.53. The highest BCUT2D eigenvalue weighted by molar-refractivity contribution is 5.83. The summed E-state index contributed by atoms with van der Waals surface area (Å²) in [5, 5.41) is 13.3. The molecule has 8 nitrogen and oxygen atoms in total. The predicted molar refractivity (Wildman–Crippen MR) is 125 cm³/mol. The molecule has 4 heterocycles. The number of anilines is 2. The summed E-state index contributed by atoms with van der Waals surface area (Å²) in [6.07, 6.45) is 4.75. The van der Waals surface area contributed by atoms with Crippen LogP contribution in [0.4, 0.5) is 11.6 Å². The van der Waals surface area contributed by atoms with Crippen molar-refractivity contribution in [2.45, 2.75) is 19.3 Å². The van der Waals surface area contributed by atoms with Gasteiger partial charge < -0.3 is 24.8 Å². The molecule has 32 heavy (non-hydrogen) atoms. The lowest BCUT2D eigenvalue weighted by Crippen LogP contribution is -2.44. The molecular formula is C24H30N6O2. The Kier molecular flexibility index (Phi) is 6.20. The number of fused-ring (bicyclic) bond motifs is 1. The van der Waals surface area contributed by atoms with Crippen LogP contribution in [0.25, 0.3) is 10.9 Å². The van der Waals surface area contributed by atoms with E-state index in [0.29, 0.717) is 13.1 Å². The molecule has 3 aromatic rings. The number of rotatable bonds is 6. The van der Waals surface area contributed by atoms with Crippen LogP contribution in [0.1, 0.15) is 18.4 Å². The van der Waals surface area contributed by atoms with E-state index in [9.17, 15) is 4.79 Å². The summed E-state index contributed by atoms with van der Waals surface area (Å²) in [5.74, 6) is 1.85. The number of morpholine rings is 1. The first-order valence-corrected chi connectivity index (χ1v) is 11.5. The van der Waals surface area contributed by atoms with Crippen LogP contribution in [-0.4, -0.2) is 67.0 Å². The van der Waals surface area contributed by atoms with Gasteiger partial charge in [0.2, 0.25) is 5.91 Å². The van der Waals surface area contributed by atoms with Gasteiger partial charge >= 0.3 is 0 Å². The van der Waals surface area contributed by atoms with Crippen LogP contribution in [0.5, 0.6) is 0 Å². The number of hydrogen-bond donors (Lipinski definition) is 2. The lowest BCUT2D eigenvalue weighted by Gasteiger charge is -2.33. The number of nitrogens with zero attached hydrogens (tertiary/aromatic N) is 4. The van der Waals surface area contributed by atoms with Gasteiger partial charge in [-0.25, -0.2) is 0 Å². The molecule has 1 atom stereocenters. The molecule has 0 bridgehead atoms. The van der Waals surface area contributed by atoms with Crippen LogP contribution in [0.3, 0.4) is 0 Å². The van der Waals surface area contributed by atoms with Crippen molar-refractivity contribution in [2.24, 2.45) is 5.92 Å². The Morgan fingerprint density at radius 2 is 1.84 bits per heavy atom. The molecule has 2 N–H and O–H groups in total. The quantitative estimate of drug-likeness (QED) is 0.620. The second kappa shape index (κ2) is 9.56. The fraction of sp³-hybridized carbons (Fsp3) is 0.458. The molecule has 2 aliphatic heterocycles. The first kappa shape index (κ1) is 20.8. The van der Waals surface area contributed by atoms with Crippen molar-refractivity contribution in [1.29, 1.82) is 0 Å². The van der Waals surface area contributed by atoms with Gasteiger partial charge in [-0.1, -0.05) is 18.2 Å². The fourth-order valence-electron chi connectivity index (χ4n) is 4.65. The third-order valence-electron chi connectivity index (χ3n) is 6.46. The standard InChI is InChI=1S/C24H30N6O2/c31-24(25-10-9-18-16-26-21-6-2-1-5-20(18)21)19-4-3-11-30(17-19)23-8-7-22(27-28-23)29-12-14-32-15-13-29/h1-2,5-8,16,19,26H,3-4,9-15,17H2,(H,25,31). The van der Waals surface area contributed by atoms with Crippen LogP contribution in [0.2, 0.25) is 0 Å². The zero-order valence-electron chi connectivity index (χ0n) is 18.3. The number of amides is 1. The van der Waals surface area contributed by atoms with E-state index in [2.05, 4.69) is 42.4 Å². The fourth-order valence-corrected chi connectivity index (χ4v) is 4.65. The number of carbonyl (C=O) groups excluding carboxylic acids is 1. The van der Waals surface area contributed by atoms with Crippen LogP contribution in [0, 0.1) is 5.92 Å². The highest BCUT2D eigenvalue weighted by Crippen LogP contribution is 2.23. The number of carbonyl (C=O) groups is 1. The first-order chi connectivity index (χ1) is 15.8. The zero-order valence-corrected chi connectivity index (χ0v) is 18.3. The summed E-state index contributed by atoms with van der Waals surface area (Å²) in [4.78, 5) is 20.5. The number of piperidine rings is 1. The Hall–Kier alpha value is -3.13. The van der Waals surface area contributed by atoms with Crippen LogP contribution in [-0.2, 0) is 16.0 Å². The molecule has 1 unspecified atom stereocenters. The van der Waals surface area contributed by atoms with Crippen molar-refractivity contribution in [3.05, 3.63) is 48.2 Å². The van der Waals surface area contributed by atoms with Gasteiger partial charge in [-0.15, -0.1) is 10.2 Å². The normalized spacial score (nSPS) is 19.3. The molecule has 168 valence electrons. The molecule has 0 saturated carbocycles. The number of aromatic nitrogens is 3. The average molecular weight is 435 g/mol. The minimum Gasteiger partial charge on any atom is -0.378 e. The van der Waals surface area contributed by atoms with Crippen molar-refractivity contribution in [3.63, 3.8) is 0 Å². The van der Waals surface area contributed by atoms with Crippen molar-refractivity contribution in [2.75, 3.05) is 55.7 Å². The lowest BCUT2D eigenvalue weighted by atomic mass is 9.97. The molecule has 0 spiro atoms. The van der Waals surface area contributed by atoms with E-state index < -0.39 is 0 Å². The number of H-pyrrole nitrogens is 1. The largest absolute Gasteiger partial charge is 0.378 e. The number of nitrogens with one attached hydrogen (secondary N) is 2. The Morgan fingerprint density at radius 1 is 1.06 bits per heavy atom. The SMILES string of the molecule is O=C(NCCc1c[nH]c2ccccc12)C1CCCN(c2ccc(N3CCOCC3)nn2)C1. The van der Waals surface area contributed by atoms with Gasteiger partial charge in [-0.2, -0.15) is 0 Å². The maximum atomic E-state index is 12.8. The Morgan fingerprint density at radius 3 is 2.66 bits per heavy atom. The average Bonchev–Trinajstić information content (AvgIpc) is 3.28. The Labute approximate surface area is 187 Å². The summed E-state index contributed by atoms with van der Waals surface area (Å²) in [6, 6.07) is 12.3. The maximum Gasteiger partial charge on any atom is 0.224 e. The molecule has 1 aromatic carbocycles. The smallest absolute Gasteiger partial charge is 0.224 e. The van der Waals surface area contributed by atoms with Crippen LogP contribution >= 0.6 is 0 Å². The van der Waals surface area contributed by atoms with E-state index >= 15 is 0 Å². The molecule has 5 rings (SSSR count). The third-order valence-corrected chi connectivity index (χ3v) is 6.46. The molecule has 2 saturated heterocycles. The van der Waals surface area contributed by atoms with Gasteiger partial charge in [0.25, 0.3) is 0 Å². The number of aromatic amines is 1. The molecule has 0 radical (unpaired) electrons. The highest BCUT2D eigenvalue weighted by atomic mass is 16.5. The van der Waals surface area contributed by atoms with Gasteiger partial charge in [0.15, 0.2) is 11.6 Å². The number of para-hydroxylation sites is 1. The van der Waals surface area contributed by atoms with Crippen LogP contribution in [0.15, 0.2) is 42.6 Å².